The smallest absolute Gasteiger partial charge is 0.244 e. The van der Waals surface area contributed by atoms with Gasteiger partial charge in [-0.05, 0) is 53.1 Å². The number of rotatable bonds is 5. The van der Waals surface area contributed by atoms with E-state index in [0.717, 1.165) is 23.3 Å². The van der Waals surface area contributed by atoms with Crippen molar-refractivity contribution in [3.63, 3.8) is 0 Å². The van der Waals surface area contributed by atoms with Crippen molar-refractivity contribution in [1.82, 2.24) is 10.3 Å². The van der Waals surface area contributed by atoms with Crippen LogP contribution in [0, 0.1) is 17.5 Å². The number of carbonyl (C=O) groups excluding carboxylic acids is 1. The first kappa shape index (κ1) is 20.9. The van der Waals surface area contributed by atoms with Crippen molar-refractivity contribution in [3.8, 4) is 16.9 Å². The van der Waals surface area contributed by atoms with Crippen molar-refractivity contribution < 1.29 is 22.7 Å². The van der Waals surface area contributed by atoms with Gasteiger partial charge in [0, 0.05) is 30.5 Å². The number of amides is 1. The van der Waals surface area contributed by atoms with Gasteiger partial charge in [0.2, 0.25) is 5.91 Å². The number of benzene rings is 2. The predicted molar refractivity (Wildman–Crippen MR) is 111 cm³/mol. The Bertz CT molecular complexity index is 1150. The van der Waals surface area contributed by atoms with E-state index in [1.807, 2.05) is 6.07 Å². The SMILES string of the molecule is O=C(C=Cc1cccnc1)NCC1Cc2cc(-c3cc(F)c(F)c(F)c3)cc(Cl)c2O1. The quantitative estimate of drug-likeness (QED) is 0.447. The molecule has 1 aromatic heterocycles. The molecule has 0 saturated heterocycles. The Balaban J connectivity index is 1.43. The van der Waals surface area contributed by atoms with E-state index in [4.69, 9.17) is 16.3 Å². The standard InChI is InChI=1S/C23H16ClF3N2O2/c24-18-8-14(15-9-19(25)22(27)20(26)10-15)6-16-7-17(31-23(16)18)12-29-21(30)4-3-13-2-1-5-28-11-13/h1-6,8-11,17H,7,12H2,(H,29,30). The summed E-state index contributed by atoms with van der Waals surface area (Å²) in [6.45, 7) is 0.246. The zero-order chi connectivity index (χ0) is 22.0. The first-order chi connectivity index (χ1) is 14.9. The van der Waals surface area contributed by atoms with Gasteiger partial charge < -0.3 is 10.1 Å². The fraction of sp³-hybridized carbons (Fsp3) is 0.130. The molecule has 4 rings (SSSR count). The van der Waals surface area contributed by atoms with Gasteiger partial charge in [-0.2, -0.15) is 0 Å². The number of ether oxygens (including phenoxy) is 1. The van der Waals surface area contributed by atoms with Crippen molar-refractivity contribution >= 4 is 23.6 Å². The van der Waals surface area contributed by atoms with Crippen LogP contribution in [0.15, 0.2) is 54.9 Å². The molecule has 0 radical (unpaired) electrons. The van der Waals surface area contributed by atoms with E-state index in [1.54, 1.807) is 30.6 Å². The van der Waals surface area contributed by atoms with Crippen molar-refractivity contribution in [1.29, 1.82) is 0 Å². The third-order valence-electron chi connectivity index (χ3n) is 4.79. The summed E-state index contributed by atoms with van der Waals surface area (Å²) in [4.78, 5) is 16.0. The maximum Gasteiger partial charge on any atom is 0.244 e. The van der Waals surface area contributed by atoms with Crippen LogP contribution in [-0.4, -0.2) is 23.5 Å². The van der Waals surface area contributed by atoms with E-state index in [-0.39, 0.29) is 29.1 Å². The van der Waals surface area contributed by atoms with E-state index in [0.29, 0.717) is 17.7 Å². The molecule has 1 amide bonds. The van der Waals surface area contributed by atoms with Gasteiger partial charge in [0.25, 0.3) is 0 Å². The molecular formula is C23H16ClF3N2O2. The maximum atomic E-state index is 13.6. The van der Waals surface area contributed by atoms with E-state index >= 15 is 0 Å². The van der Waals surface area contributed by atoms with E-state index < -0.39 is 17.5 Å². The fourth-order valence-electron chi connectivity index (χ4n) is 3.31. The largest absolute Gasteiger partial charge is 0.486 e. The van der Waals surface area contributed by atoms with Crippen LogP contribution in [0.1, 0.15) is 11.1 Å². The second-order valence-electron chi connectivity index (χ2n) is 7.01. The molecule has 158 valence electrons. The predicted octanol–water partition coefficient (Wildman–Crippen LogP) is 4.95. The molecule has 1 unspecified atom stereocenters. The topological polar surface area (TPSA) is 51.2 Å². The number of fused-ring (bicyclic) bond motifs is 1. The van der Waals surface area contributed by atoms with Crippen LogP contribution in [0.25, 0.3) is 17.2 Å². The Kier molecular flexibility index (Phi) is 5.95. The lowest BCUT2D eigenvalue weighted by Crippen LogP contribution is -2.33. The van der Waals surface area contributed by atoms with Gasteiger partial charge in [0.1, 0.15) is 11.9 Å². The minimum atomic E-state index is -1.52. The fourth-order valence-corrected chi connectivity index (χ4v) is 3.59. The first-order valence-corrected chi connectivity index (χ1v) is 9.78. The summed E-state index contributed by atoms with van der Waals surface area (Å²) in [5.41, 5.74) is 2.14. The van der Waals surface area contributed by atoms with Gasteiger partial charge in [0.15, 0.2) is 17.5 Å². The van der Waals surface area contributed by atoms with Crippen LogP contribution in [0.3, 0.4) is 0 Å². The zero-order valence-corrected chi connectivity index (χ0v) is 16.8. The minimum Gasteiger partial charge on any atom is -0.486 e. The molecule has 3 aromatic rings. The molecule has 8 heteroatoms. The number of nitrogens with zero attached hydrogens (tertiary/aromatic N) is 1. The van der Waals surface area contributed by atoms with Crippen molar-refractivity contribution in [2.75, 3.05) is 6.54 Å². The number of hydrogen-bond acceptors (Lipinski definition) is 3. The lowest BCUT2D eigenvalue weighted by atomic mass is 10.0. The van der Waals surface area contributed by atoms with Gasteiger partial charge in [-0.3, -0.25) is 9.78 Å². The summed E-state index contributed by atoms with van der Waals surface area (Å²) in [6, 6.07) is 8.62. The van der Waals surface area contributed by atoms with Crippen molar-refractivity contribution in [2.45, 2.75) is 12.5 Å². The summed E-state index contributed by atoms with van der Waals surface area (Å²) >= 11 is 6.29. The molecule has 0 bridgehead atoms. The van der Waals surface area contributed by atoms with Gasteiger partial charge in [0.05, 0.1) is 11.6 Å². The molecule has 31 heavy (non-hydrogen) atoms. The molecule has 1 aliphatic heterocycles. The Hall–Kier alpha value is -3.32. The summed E-state index contributed by atoms with van der Waals surface area (Å²) in [5, 5.41) is 3.03. The second kappa shape index (κ2) is 8.81. The monoisotopic (exact) mass is 444 g/mol. The van der Waals surface area contributed by atoms with Crippen molar-refractivity contribution in [3.05, 3.63) is 88.5 Å². The molecule has 2 heterocycles. The highest BCUT2D eigenvalue weighted by atomic mass is 35.5. The van der Waals surface area contributed by atoms with Crippen LogP contribution in [0.2, 0.25) is 5.02 Å². The van der Waals surface area contributed by atoms with Crippen LogP contribution in [0.4, 0.5) is 13.2 Å². The van der Waals surface area contributed by atoms with Crippen LogP contribution in [-0.2, 0) is 11.2 Å². The molecule has 0 spiro atoms. The number of nitrogens with one attached hydrogen (secondary N) is 1. The molecule has 1 N–H and O–H groups in total. The molecule has 1 aliphatic rings. The number of aromatic nitrogens is 1. The third kappa shape index (κ3) is 4.72. The van der Waals surface area contributed by atoms with Crippen LogP contribution in [0.5, 0.6) is 5.75 Å². The van der Waals surface area contributed by atoms with Gasteiger partial charge in [-0.15, -0.1) is 0 Å². The Labute approximate surface area is 181 Å². The zero-order valence-electron chi connectivity index (χ0n) is 16.0. The summed E-state index contributed by atoms with van der Waals surface area (Å²) in [5.74, 6) is -3.90. The normalized spacial score (nSPS) is 15.0. The third-order valence-corrected chi connectivity index (χ3v) is 5.07. The molecule has 2 aromatic carbocycles. The highest BCUT2D eigenvalue weighted by molar-refractivity contribution is 6.32. The van der Waals surface area contributed by atoms with Gasteiger partial charge in [-0.1, -0.05) is 17.7 Å². The summed E-state index contributed by atoms with van der Waals surface area (Å²) in [6.07, 6.45) is 6.44. The Morgan fingerprint density at radius 2 is 1.94 bits per heavy atom. The van der Waals surface area contributed by atoms with E-state index in [2.05, 4.69) is 10.3 Å². The molecular weight excluding hydrogens is 429 g/mol. The Morgan fingerprint density at radius 1 is 1.19 bits per heavy atom. The molecule has 0 aliphatic carbocycles. The first-order valence-electron chi connectivity index (χ1n) is 9.40. The maximum absolute atomic E-state index is 13.6. The number of halogens is 4. The molecule has 4 nitrogen and oxygen atoms in total. The second-order valence-corrected chi connectivity index (χ2v) is 7.42. The van der Waals surface area contributed by atoms with Crippen LogP contribution >= 0.6 is 11.6 Å². The average Bonchev–Trinajstić information content (AvgIpc) is 3.18. The van der Waals surface area contributed by atoms with Crippen molar-refractivity contribution in [2.24, 2.45) is 0 Å². The summed E-state index contributed by atoms with van der Waals surface area (Å²) in [7, 11) is 0. The Morgan fingerprint density at radius 3 is 2.65 bits per heavy atom. The van der Waals surface area contributed by atoms with E-state index in [1.165, 1.54) is 12.1 Å². The lowest BCUT2D eigenvalue weighted by molar-refractivity contribution is -0.116. The lowest BCUT2D eigenvalue weighted by Gasteiger charge is -2.11. The van der Waals surface area contributed by atoms with E-state index in [9.17, 15) is 18.0 Å². The molecule has 0 fully saturated rings. The number of pyridine rings is 1. The molecule has 0 saturated carbocycles. The average molecular weight is 445 g/mol. The number of hydrogen-bond donors (Lipinski definition) is 1. The number of carbonyl (C=O) groups is 1. The van der Waals surface area contributed by atoms with Crippen LogP contribution < -0.4 is 10.1 Å². The van der Waals surface area contributed by atoms with Gasteiger partial charge in [-0.25, -0.2) is 13.2 Å². The van der Waals surface area contributed by atoms with Gasteiger partial charge >= 0.3 is 0 Å². The highest BCUT2D eigenvalue weighted by Crippen LogP contribution is 2.40. The summed E-state index contributed by atoms with van der Waals surface area (Å²) < 4.78 is 46.2. The highest BCUT2D eigenvalue weighted by Gasteiger charge is 2.26. The minimum absolute atomic E-state index is 0.165. The molecule has 1 atom stereocenters.